The SMILES string of the molecule is CS(=O)(=O)Nc1cc(C=O)ccc1OCCN1CCOCC1. The van der Waals surface area contributed by atoms with E-state index in [9.17, 15) is 13.2 Å². The van der Waals surface area contributed by atoms with Crippen LogP contribution < -0.4 is 9.46 Å². The molecule has 1 aromatic carbocycles. The number of aldehydes is 1. The van der Waals surface area contributed by atoms with Crippen LogP contribution in [-0.2, 0) is 14.8 Å². The van der Waals surface area contributed by atoms with Crippen LogP contribution in [0.25, 0.3) is 0 Å². The number of carbonyl (C=O) groups excluding carboxylic acids is 1. The van der Waals surface area contributed by atoms with Gasteiger partial charge in [0.1, 0.15) is 18.6 Å². The average Bonchev–Trinajstić information content (AvgIpc) is 2.48. The maximum Gasteiger partial charge on any atom is 0.229 e. The van der Waals surface area contributed by atoms with E-state index in [2.05, 4.69) is 9.62 Å². The van der Waals surface area contributed by atoms with Crippen molar-refractivity contribution in [3.8, 4) is 5.75 Å². The summed E-state index contributed by atoms with van der Waals surface area (Å²) in [6.07, 6.45) is 1.71. The lowest BCUT2D eigenvalue weighted by atomic mass is 10.2. The minimum absolute atomic E-state index is 0.272. The lowest BCUT2D eigenvalue weighted by Crippen LogP contribution is -2.38. The Bertz CT molecular complexity index is 612. The number of benzene rings is 1. The first kappa shape index (κ1) is 16.7. The number of ether oxygens (including phenoxy) is 2. The van der Waals surface area contributed by atoms with Crippen LogP contribution in [0.2, 0.25) is 0 Å². The van der Waals surface area contributed by atoms with Gasteiger partial charge in [-0.2, -0.15) is 0 Å². The number of nitrogens with one attached hydrogen (secondary N) is 1. The molecule has 8 heteroatoms. The molecule has 0 amide bonds. The van der Waals surface area contributed by atoms with Crippen molar-refractivity contribution in [3.05, 3.63) is 23.8 Å². The Kier molecular flexibility index (Phi) is 5.76. The van der Waals surface area contributed by atoms with E-state index in [1.165, 1.54) is 6.07 Å². The summed E-state index contributed by atoms with van der Waals surface area (Å²) in [5.41, 5.74) is 0.653. The third-order valence-electron chi connectivity index (χ3n) is 3.20. The minimum Gasteiger partial charge on any atom is -0.490 e. The number of carbonyl (C=O) groups is 1. The quantitative estimate of drug-likeness (QED) is 0.737. The van der Waals surface area contributed by atoms with Crippen molar-refractivity contribution in [3.63, 3.8) is 0 Å². The van der Waals surface area contributed by atoms with Gasteiger partial charge in [-0.1, -0.05) is 0 Å². The van der Waals surface area contributed by atoms with Crippen molar-refractivity contribution in [1.29, 1.82) is 0 Å². The van der Waals surface area contributed by atoms with Crippen molar-refractivity contribution < 1.29 is 22.7 Å². The first-order valence-electron chi connectivity index (χ1n) is 6.98. The second-order valence-electron chi connectivity index (χ2n) is 5.05. The Hall–Kier alpha value is -1.64. The van der Waals surface area contributed by atoms with Gasteiger partial charge in [0.25, 0.3) is 0 Å². The smallest absolute Gasteiger partial charge is 0.229 e. The molecule has 0 aliphatic carbocycles. The second kappa shape index (κ2) is 7.57. The van der Waals surface area contributed by atoms with Crippen LogP contribution in [0.5, 0.6) is 5.75 Å². The van der Waals surface area contributed by atoms with Crippen LogP contribution in [0, 0.1) is 0 Å². The number of morpholine rings is 1. The second-order valence-corrected chi connectivity index (χ2v) is 6.80. The molecule has 1 N–H and O–H groups in total. The Balaban J connectivity index is 2.00. The van der Waals surface area contributed by atoms with Crippen molar-refractivity contribution in [2.75, 3.05) is 50.4 Å². The highest BCUT2D eigenvalue weighted by molar-refractivity contribution is 7.92. The molecule has 0 spiro atoms. The maximum atomic E-state index is 11.4. The Morgan fingerprint density at radius 3 is 2.73 bits per heavy atom. The van der Waals surface area contributed by atoms with E-state index in [-0.39, 0.29) is 5.69 Å². The Morgan fingerprint density at radius 2 is 2.09 bits per heavy atom. The fourth-order valence-corrected chi connectivity index (χ4v) is 2.69. The molecular weight excluding hydrogens is 308 g/mol. The van der Waals surface area contributed by atoms with Gasteiger partial charge >= 0.3 is 0 Å². The van der Waals surface area contributed by atoms with E-state index in [1.807, 2.05) is 0 Å². The molecule has 0 atom stereocenters. The summed E-state index contributed by atoms with van der Waals surface area (Å²) in [6, 6.07) is 4.64. The topological polar surface area (TPSA) is 84.9 Å². The van der Waals surface area contributed by atoms with Gasteiger partial charge in [0.15, 0.2) is 0 Å². The molecule has 1 aliphatic heterocycles. The molecule has 0 saturated carbocycles. The molecule has 7 nitrogen and oxygen atoms in total. The summed E-state index contributed by atoms with van der Waals surface area (Å²) in [5.74, 6) is 0.407. The molecule has 0 bridgehead atoms. The van der Waals surface area contributed by atoms with Crippen LogP contribution in [0.4, 0.5) is 5.69 Å². The molecule has 1 aromatic rings. The molecule has 0 aromatic heterocycles. The van der Waals surface area contributed by atoms with Gasteiger partial charge < -0.3 is 9.47 Å². The molecule has 1 heterocycles. The van der Waals surface area contributed by atoms with Crippen LogP contribution in [0.15, 0.2) is 18.2 Å². The fourth-order valence-electron chi connectivity index (χ4n) is 2.14. The summed E-state index contributed by atoms with van der Waals surface area (Å²) in [6.45, 7) is 4.32. The van der Waals surface area contributed by atoms with E-state index >= 15 is 0 Å². The Morgan fingerprint density at radius 1 is 1.36 bits per heavy atom. The molecule has 0 unspecified atom stereocenters. The first-order valence-corrected chi connectivity index (χ1v) is 8.87. The van der Waals surface area contributed by atoms with E-state index in [4.69, 9.17) is 9.47 Å². The lowest BCUT2D eigenvalue weighted by molar-refractivity contribution is 0.0323. The monoisotopic (exact) mass is 328 g/mol. The molecule has 22 heavy (non-hydrogen) atoms. The van der Waals surface area contributed by atoms with Gasteiger partial charge in [0, 0.05) is 25.2 Å². The van der Waals surface area contributed by atoms with Crippen molar-refractivity contribution in [2.45, 2.75) is 0 Å². The summed E-state index contributed by atoms with van der Waals surface area (Å²) in [7, 11) is -3.44. The molecule has 122 valence electrons. The number of sulfonamides is 1. The standard InChI is InChI=1S/C14H20N2O5S/c1-22(18,19)15-13-10-12(11-17)2-3-14(13)21-9-6-16-4-7-20-8-5-16/h2-3,10-11,15H,4-9H2,1H3. The zero-order valence-corrected chi connectivity index (χ0v) is 13.3. The number of hydrogen-bond acceptors (Lipinski definition) is 6. The average molecular weight is 328 g/mol. The minimum atomic E-state index is -3.44. The van der Waals surface area contributed by atoms with Crippen molar-refractivity contribution in [2.24, 2.45) is 0 Å². The highest BCUT2D eigenvalue weighted by atomic mass is 32.2. The molecule has 0 radical (unpaired) electrons. The highest BCUT2D eigenvalue weighted by Crippen LogP contribution is 2.26. The van der Waals surface area contributed by atoms with E-state index in [0.29, 0.717) is 24.2 Å². The largest absolute Gasteiger partial charge is 0.490 e. The predicted molar refractivity (Wildman–Crippen MR) is 83.1 cm³/mol. The van der Waals surface area contributed by atoms with Gasteiger partial charge in [-0.25, -0.2) is 8.42 Å². The molecular formula is C14H20N2O5S. The third kappa shape index (κ3) is 5.28. The van der Waals surface area contributed by atoms with Crippen LogP contribution in [0.3, 0.4) is 0 Å². The van der Waals surface area contributed by atoms with Gasteiger partial charge in [0.05, 0.1) is 25.2 Å². The predicted octanol–water partition coefficient (Wildman–Crippen LogP) is 0.582. The summed E-state index contributed by atoms with van der Waals surface area (Å²) < 4.78 is 36.1. The maximum absolute atomic E-state index is 11.4. The van der Waals surface area contributed by atoms with Crippen LogP contribution in [0.1, 0.15) is 10.4 Å². The summed E-state index contributed by atoms with van der Waals surface area (Å²) in [5, 5.41) is 0. The molecule has 1 fully saturated rings. The van der Waals surface area contributed by atoms with E-state index < -0.39 is 10.0 Å². The van der Waals surface area contributed by atoms with Crippen molar-refractivity contribution in [1.82, 2.24) is 4.90 Å². The van der Waals surface area contributed by atoms with E-state index in [1.54, 1.807) is 12.1 Å². The van der Waals surface area contributed by atoms with Gasteiger partial charge in [0.2, 0.25) is 10.0 Å². The van der Waals surface area contributed by atoms with Crippen LogP contribution >= 0.6 is 0 Å². The van der Waals surface area contributed by atoms with E-state index in [0.717, 1.165) is 39.1 Å². The summed E-state index contributed by atoms with van der Waals surface area (Å²) in [4.78, 5) is 13.0. The zero-order valence-electron chi connectivity index (χ0n) is 12.4. The molecule has 2 rings (SSSR count). The zero-order chi connectivity index (χ0) is 16.0. The lowest BCUT2D eigenvalue weighted by Gasteiger charge is -2.26. The van der Waals surface area contributed by atoms with Gasteiger partial charge in [-0.15, -0.1) is 0 Å². The number of hydrogen-bond donors (Lipinski definition) is 1. The number of nitrogens with zero attached hydrogens (tertiary/aromatic N) is 1. The number of rotatable bonds is 7. The Labute approximate surface area is 130 Å². The third-order valence-corrected chi connectivity index (χ3v) is 3.79. The molecule has 1 aliphatic rings. The van der Waals surface area contributed by atoms with Gasteiger partial charge in [-0.3, -0.25) is 14.4 Å². The van der Waals surface area contributed by atoms with Crippen molar-refractivity contribution >= 4 is 22.0 Å². The summed E-state index contributed by atoms with van der Waals surface area (Å²) >= 11 is 0. The van der Waals surface area contributed by atoms with Crippen LogP contribution in [-0.4, -0.2) is 65.3 Å². The first-order chi connectivity index (χ1) is 10.5. The normalized spacial score (nSPS) is 16.2. The van der Waals surface area contributed by atoms with Gasteiger partial charge in [-0.05, 0) is 18.2 Å². The molecule has 1 saturated heterocycles. The highest BCUT2D eigenvalue weighted by Gasteiger charge is 2.12. The number of anilines is 1. The fraction of sp³-hybridized carbons (Fsp3) is 0.500.